The highest BCUT2D eigenvalue weighted by Crippen LogP contribution is 2.34. The predicted molar refractivity (Wildman–Crippen MR) is 139 cm³/mol. The van der Waals surface area contributed by atoms with Gasteiger partial charge in [-0.25, -0.2) is 22.9 Å². The average molecular weight is 532 g/mol. The van der Waals surface area contributed by atoms with E-state index in [0.717, 1.165) is 17.5 Å². The number of hydrogen-bond acceptors (Lipinski definition) is 9. The van der Waals surface area contributed by atoms with E-state index in [4.69, 9.17) is 9.47 Å². The Morgan fingerprint density at radius 1 is 1.06 bits per heavy atom. The van der Waals surface area contributed by atoms with Gasteiger partial charge in [-0.15, -0.1) is 11.3 Å². The summed E-state index contributed by atoms with van der Waals surface area (Å²) in [5, 5.41) is 0.525. The van der Waals surface area contributed by atoms with Crippen LogP contribution in [0.5, 0.6) is 5.75 Å². The number of thiazole rings is 1. The molecule has 0 bridgehead atoms. The summed E-state index contributed by atoms with van der Waals surface area (Å²) in [6.45, 7) is 7.33. The summed E-state index contributed by atoms with van der Waals surface area (Å²) in [7, 11) is -3.72. The zero-order chi connectivity index (χ0) is 26.5. The van der Waals surface area contributed by atoms with Gasteiger partial charge in [-0.05, 0) is 57.5 Å². The largest absolute Gasteiger partial charge is 0.482 e. The van der Waals surface area contributed by atoms with E-state index < -0.39 is 27.5 Å². The number of hydrogen-bond donors (Lipinski definition) is 1. The van der Waals surface area contributed by atoms with E-state index in [0.29, 0.717) is 22.3 Å². The summed E-state index contributed by atoms with van der Waals surface area (Å²) >= 11 is 1.28. The highest BCUT2D eigenvalue weighted by Gasteiger charge is 2.22. The van der Waals surface area contributed by atoms with Crippen molar-refractivity contribution in [1.82, 2.24) is 9.71 Å². The molecule has 0 aliphatic heterocycles. The number of amides is 1. The first-order valence-corrected chi connectivity index (χ1v) is 13.8. The molecule has 2 aromatic carbocycles. The van der Waals surface area contributed by atoms with Crippen LogP contribution in [0.15, 0.2) is 54.6 Å². The molecule has 3 aromatic rings. The van der Waals surface area contributed by atoms with Crippen molar-refractivity contribution in [3.63, 3.8) is 0 Å². The Balaban J connectivity index is 1.85. The van der Waals surface area contributed by atoms with Gasteiger partial charge in [0.25, 0.3) is 5.91 Å². The number of aromatic nitrogens is 1. The summed E-state index contributed by atoms with van der Waals surface area (Å²) in [4.78, 5) is 31.4. The number of nitrogens with zero attached hydrogens (tertiary/aromatic N) is 2. The third-order valence-electron chi connectivity index (χ3n) is 4.62. The monoisotopic (exact) mass is 531 g/mol. The summed E-state index contributed by atoms with van der Waals surface area (Å²) in [5.41, 5.74) is 1.24. The van der Waals surface area contributed by atoms with Crippen LogP contribution in [0.3, 0.4) is 0 Å². The number of ether oxygens (including phenoxy) is 2. The van der Waals surface area contributed by atoms with Gasteiger partial charge in [0.05, 0.1) is 12.8 Å². The number of nitrogens with one attached hydrogen (secondary N) is 1. The summed E-state index contributed by atoms with van der Waals surface area (Å²) in [6.07, 6.45) is 0.918. The quantitative estimate of drug-likeness (QED) is 0.409. The molecule has 1 N–H and O–H groups in total. The minimum Gasteiger partial charge on any atom is -0.482 e. The standard InChI is InChI=1S/C25H29N3O6S2/c1-17-22(23(30)27-36(5,31)32)26-24(35-17)28(15-18-9-7-6-8-10-18)19-11-13-20(14-12-19)33-16-21(29)34-25(2,3)4/h6-14H,15-16H2,1-5H3,(H,27,30). The summed E-state index contributed by atoms with van der Waals surface area (Å²) in [6, 6.07) is 16.8. The fourth-order valence-electron chi connectivity index (χ4n) is 3.20. The molecule has 0 atom stereocenters. The Hall–Kier alpha value is -3.44. The fourth-order valence-corrected chi connectivity index (χ4v) is 4.56. The van der Waals surface area contributed by atoms with Crippen LogP contribution >= 0.6 is 11.3 Å². The zero-order valence-electron chi connectivity index (χ0n) is 20.8. The van der Waals surface area contributed by atoms with Crippen molar-refractivity contribution in [1.29, 1.82) is 0 Å². The number of carbonyl (C=O) groups is 2. The molecule has 0 radical (unpaired) electrons. The molecule has 11 heteroatoms. The number of esters is 1. The van der Waals surface area contributed by atoms with Crippen LogP contribution in [-0.4, -0.2) is 43.7 Å². The van der Waals surface area contributed by atoms with Gasteiger partial charge >= 0.3 is 5.97 Å². The highest BCUT2D eigenvalue weighted by atomic mass is 32.2. The lowest BCUT2D eigenvalue weighted by Crippen LogP contribution is -2.30. The van der Waals surface area contributed by atoms with E-state index in [2.05, 4.69) is 4.98 Å². The van der Waals surface area contributed by atoms with Crippen molar-refractivity contribution >= 4 is 44.1 Å². The number of sulfonamides is 1. The summed E-state index contributed by atoms with van der Waals surface area (Å²) in [5.74, 6) is -0.744. The van der Waals surface area contributed by atoms with Crippen LogP contribution in [0, 0.1) is 6.92 Å². The van der Waals surface area contributed by atoms with Crippen LogP contribution in [0.2, 0.25) is 0 Å². The van der Waals surface area contributed by atoms with Crippen molar-refractivity contribution in [2.75, 3.05) is 17.8 Å². The molecular formula is C25H29N3O6S2. The molecular weight excluding hydrogens is 502 g/mol. The first-order valence-electron chi connectivity index (χ1n) is 11.1. The second-order valence-electron chi connectivity index (χ2n) is 9.05. The lowest BCUT2D eigenvalue weighted by atomic mass is 10.2. The van der Waals surface area contributed by atoms with Crippen LogP contribution in [0.1, 0.15) is 41.7 Å². The Morgan fingerprint density at radius 2 is 1.69 bits per heavy atom. The number of carbonyl (C=O) groups excluding carboxylic acids is 2. The van der Waals surface area contributed by atoms with Gasteiger partial charge < -0.3 is 14.4 Å². The van der Waals surface area contributed by atoms with Crippen molar-refractivity contribution in [3.05, 3.63) is 70.7 Å². The SMILES string of the molecule is Cc1sc(N(Cc2ccccc2)c2ccc(OCC(=O)OC(C)(C)C)cc2)nc1C(=O)NS(C)(=O)=O. The minimum atomic E-state index is -3.72. The van der Waals surface area contributed by atoms with E-state index >= 15 is 0 Å². The average Bonchev–Trinajstić information content (AvgIpc) is 3.16. The van der Waals surface area contributed by atoms with Crippen LogP contribution in [0.25, 0.3) is 0 Å². The second-order valence-corrected chi connectivity index (χ2v) is 12.0. The molecule has 0 saturated heterocycles. The third-order valence-corrected chi connectivity index (χ3v) is 6.17. The lowest BCUT2D eigenvalue weighted by Gasteiger charge is -2.23. The molecule has 0 spiro atoms. The van der Waals surface area contributed by atoms with Crippen LogP contribution < -0.4 is 14.4 Å². The van der Waals surface area contributed by atoms with Crippen molar-refractivity contribution in [2.24, 2.45) is 0 Å². The van der Waals surface area contributed by atoms with Gasteiger partial charge in [0, 0.05) is 10.6 Å². The number of benzene rings is 2. The third kappa shape index (κ3) is 8.06. The molecule has 0 aliphatic rings. The van der Waals surface area contributed by atoms with Crippen LogP contribution in [0.4, 0.5) is 10.8 Å². The van der Waals surface area contributed by atoms with Gasteiger partial charge in [-0.1, -0.05) is 30.3 Å². The molecule has 192 valence electrons. The summed E-state index contributed by atoms with van der Waals surface area (Å²) < 4.78 is 35.8. The molecule has 0 unspecified atom stereocenters. The Bertz CT molecular complexity index is 1310. The molecule has 0 aliphatic carbocycles. The van der Waals surface area contributed by atoms with Crippen molar-refractivity contribution < 1.29 is 27.5 Å². The van der Waals surface area contributed by atoms with Crippen molar-refractivity contribution in [2.45, 2.75) is 39.8 Å². The fraction of sp³-hybridized carbons (Fsp3) is 0.320. The maximum Gasteiger partial charge on any atom is 0.344 e. The molecule has 1 aromatic heterocycles. The van der Waals surface area contributed by atoms with Gasteiger partial charge in [0.2, 0.25) is 10.0 Å². The predicted octanol–water partition coefficient (Wildman–Crippen LogP) is 4.20. The maximum absolute atomic E-state index is 12.5. The number of anilines is 2. The first kappa shape index (κ1) is 27.2. The normalized spacial score (nSPS) is 11.6. The van der Waals surface area contributed by atoms with Gasteiger partial charge in [0.1, 0.15) is 17.0 Å². The number of rotatable bonds is 9. The maximum atomic E-state index is 12.5. The molecule has 1 amide bonds. The zero-order valence-corrected chi connectivity index (χ0v) is 22.4. The Kier molecular flexibility index (Phi) is 8.36. The van der Waals surface area contributed by atoms with Gasteiger partial charge in [0.15, 0.2) is 11.7 Å². The Morgan fingerprint density at radius 3 is 2.28 bits per heavy atom. The van der Waals surface area contributed by atoms with Gasteiger partial charge in [-0.3, -0.25) is 4.79 Å². The van der Waals surface area contributed by atoms with Crippen molar-refractivity contribution in [3.8, 4) is 5.75 Å². The smallest absolute Gasteiger partial charge is 0.344 e. The number of aryl methyl sites for hydroxylation is 1. The molecule has 9 nitrogen and oxygen atoms in total. The topological polar surface area (TPSA) is 115 Å². The molecule has 1 heterocycles. The first-order chi connectivity index (χ1) is 16.8. The van der Waals surface area contributed by atoms with E-state index in [9.17, 15) is 18.0 Å². The second kappa shape index (κ2) is 11.1. The molecule has 0 fully saturated rings. The molecule has 0 saturated carbocycles. The van der Waals surface area contributed by atoms with E-state index in [-0.39, 0.29) is 12.3 Å². The lowest BCUT2D eigenvalue weighted by molar-refractivity contribution is -0.157. The Labute approximate surface area is 215 Å². The minimum absolute atomic E-state index is 0.0517. The molecule has 36 heavy (non-hydrogen) atoms. The van der Waals surface area contributed by atoms with Crippen LogP contribution in [-0.2, 0) is 26.1 Å². The van der Waals surface area contributed by atoms with Gasteiger partial charge in [-0.2, -0.15) is 0 Å². The van der Waals surface area contributed by atoms with E-state index in [1.807, 2.05) is 52.1 Å². The molecule has 3 rings (SSSR count). The van der Waals surface area contributed by atoms with E-state index in [1.165, 1.54) is 11.3 Å². The highest BCUT2D eigenvalue weighted by molar-refractivity contribution is 7.89. The van der Waals surface area contributed by atoms with E-state index in [1.54, 1.807) is 39.8 Å².